The summed E-state index contributed by atoms with van der Waals surface area (Å²) in [6, 6.07) is 14.3. The fourth-order valence-corrected chi connectivity index (χ4v) is 2.06. The van der Waals surface area contributed by atoms with Gasteiger partial charge in [0.1, 0.15) is 5.75 Å². The number of carbonyl (C=O) groups is 1. The predicted molar refractivity (Wildman–Crippen MR) is 78.4 cm³/mol. The molecule has 0 aliphatic carbocycles. The molecular weight excluding hydrogens is 306 g/mol. The van der Waals surface area contributed by atoms with Gasteiger partial charge >= 0.3 is 0 Å². The molecular formula is C15H14BrNO2. The molecule has 1 amide bonds. The average molecular weight is 320 g/mol. The van der Waals surface area contributed by atoms with Crippen molar-refractivity contribution in [3.05, 3.63) is 65.2 Å². The molecule has 0 bridgehead atoms. The summed E-state index contributed by atoms with van der Waals surface area (Å²) >= 11 is 3.36. The molecule has 2 aromatic rings. The third-order valence-corrected chi connectivity index (χ3v) is 3.45. The summed E-state index contributed by atoms with van der Waals surface area (Å²) in [7, 11) is 0. The van der Waals surface area contributed by atoms with E-state index in [0.29, 0.717) is 17.7 Å². The number of para-hydroxylation sites is 1. The fourth-order valence-electron chi connectivity index (χ4n) is 1.68. The molecule has 3 nitrogen and oxygen atoms in total. The maximum atomic E-state index is 11.9. The zero-order valence-electron chi connectivity index (χ0n) is 10.3. The van der Waals surface area contributed by atoms with Gasteiger partial charge < -0.3 is 10.4 Å². The lowest BCUT2D eigenvalue weighted by molar-refractivity contribution is 0.0951. The van der Waals surface area contributed by atoms with Crippen LogP contribution in [0.25, 0.3) is 0 Å². The van der Waals surface area contributed by atoms with Crippen molar-refractivity contribution in [3.63, 3.8) is 0 Å². The van der Waals surface area contributed by atoms with Crippen molar-refractivity contribution in [1.29, 1.82) is 0 Å². The van der Waals surface area contributed by atoms with Crippen molar-refractivity contribution in [3.8, 4) is 5.75 Å². The van der Waals surface area contributed by atoms with Gasteiger partial charge in [0.2, 0.25) is 0 Å². The van der Waals surface area contributed by atoms with Crippen molar-refractivity contribution < 1.29 is 9.90 Å². The highest BCUT2D eigenvalue weighted by molar-refractivity contribution is 9.08. The van der Waals surface area contributed by atoms with Crippen molar-refractivity contribution in [2.45, 2.75) is 11.9 Å². The summed E-state index contributed by atoms with van der Waals surface area (Å²) in [4.78, 5) is 11.9. The van der Waals surface area contributed by atoms with Gasteiger partial charge in [0, 0.05) is 23.0 Å². The lowest BCUT2D eigenvalue weighted by Gasteiger charge is -2.07. The Hall–Kier alpha value is -1.81. The van der Waals surface area contributed by atoms with Gasteiger partial charge in [0.25, 0.3) is 5.91 Å². The SMILES string of the molecule is O=C(NCc1ccccc1O)c1ccc(CBr)cc1. The molecule has 98 valence electrons. The number of phenolic OH excluding ortho intramolecular Hbond substituents is 1. The minimum absolute atomic E-state index is 0.149. The fraction of sp³-hybridized carbons (Fsp3) is 0.133. The number of hydrogen-bond donors (Lipinski definition) is 2. The second kappa shape index (κ2) is 6.38. The number of amides is 1. The summed E-state index contributed by atoms with van der Waals surface area (Å²) < 4.78 is 0. The molecule has 0 radical (unpaired) electrons. The Balaban J connectivity index is 1.99. The van der Waals surface area contributed by atoms with Crippen LogP contribution in [0.2, 0.25) is 0 Å². The Bertz CT molecular complexity index is 567. The van der Waals surface area contributed by atoms with Crippen molar-refractivity contribution >= 4 is 21.8 Å². The first-order valence-corrected chi connectivity index (χ1v) is 7.03. The van der Waals surface area contributed by atoms with Crippen LogP contribution in [0.3, 0.4) is 0 Å². The van der Waals surface area contributed by atoms with E-state index in [1.807, 2.05) is 18.2 Å². The molecule has 0 saturated heterocycles. The molecule has 0 fully saturated rings. The van der Waals surface area contributed by atoms with E-state index in [4.69, 9.17) is 0 Å². The number of halogens is 1. The number of nitrogens with one attached hydrogen (secondary N) is 1. The average Bonchev–Trinajstić information content (AvgIpc) is 2.46. The number of aromatic hydroxyl groups is 1. The molecule has 0 atom stereocenters. The van der Waals surface area contributed by atoms with E-state index < -0.39 is 0 Å². The van der Waals surface area contributed by atoms with E-state index in [-0.39, 0.29) is 11.7 Å². The summed E-state index contributed by atoms with van der Waals surface area (Å²) in [6.45, 7) is 0.311. The summed E-state index contributed by atoms with van der Waals surface area (Å²) in [6.07, 6.45) is 0. The van der Waals surface area contributed by atoms with E-state index in [0.717, 1.165) is 10.9 Å². The number of hydrogen-bond acceptors (Lipinski definition) is 2. The third-order valence-electron chi connectivity index (χ3n) is 2.80. The molecule has 4 heteroatoms. The highest BCUT2D eigenvalue weighted by atomic mass is 79.9. The Morgan fingerprint density at radius 3 is 2.42 bits per heavy atom. The van der Waals surface area contributed by atoms with Gasteiger partial charge in [-0.05, 0) is 23.8 Å². The first-order valence-electron chi connectivity index (χ1n) is 5.90. The normalized spacial score (nSPS) is 10.2. The minimum atomic E-state index is -0.149. The Morgan fingerprint density at radius 1 is 1.11 bits per heavy atom. The molecule has 0 aliphatic rings. The maximum Gasteiger partial charge on any atom is 0.251 e. The molecule has 0 unspecified atom stereocenters. The van der Waals surface area contributed by atoms with Gasteiger partial charge in [0.15, 0.2) is 0 Å². The van der Waals surface area contributed by atoms with Gasteiger partial charge in [-0.2, -0.15) is 0 Å². The Morgan fingerprint density at radius 2 is 1.79 bits per heavy atom. The van der Waals surface area contributed by atoms with E-state index in [2.05, 4.69) is 21.2 Å². The van der Waals surface area contributed by atoms with E-state index in [1.165, 1.54) is 0 Å². The van der Waals surface area contributed by atoms with Gasteiger partial charge in [-0.3, -0.25) is 4.79 Å². The van der Waals surface area contributed by atoms with Crippen LogP contribution < -0.4 is 5.32 Å². The summed E-state index contributed by atoms with van der Waals surface area (Å²) in [5.41, 5.74) is 2.44. The van der Waals surface area contributed by atoms with Crippen LogP contribution in [0.5, 0.6) is 5.75 Å². The van der Waals surface area contributed by atoms with Crippen LogP contribution in [-0.4, -0.2) is 11.0 Å². The van der Waals surface area contributed by atoms with Crippen molar-refractivity contribution in [2.75, 3.05) is 0 Å². The Kier molecular flexibility index (Phi) is 4.58. The van der Waals surface area contributed by atoms with E-state index in [9.17, 15) is 9.90 Å². The zero-order chi connectivity index (χ0) is 13.7. The monoisotopic (exact) mass is 319 g/mol. The van der Waals surface area contributed by atoms with Crippen LogP contribution in [0.15, 0.2) is 48.5 Å². The molecule has 2 aromatic carbocycles. The highest BCUT2D eigenvalue weighted by Crippen LogP contribution is 2.15. The maximum absolute atomic E-state index is 11.9. The second-order valence-corrected chi connectivity index (χ2v) is 4.70. The van der Waals surface area contributed by atoms with Crippen LogP contribution in [0.1, 0.15) is 21.5 Å². The topological polar surface area (TPSA) is 49.3 Å². The second-order valence-electron chi connectivity index (χ2n) is 4.14. The standard InChI is InChI=1S/C15H14BrNO2/c16-9-11-5-7-12(8-6-11)15(19)17-10-13-3-1-2-4-14(13)18/h1-8,18H,9-10H2,(H,17,19). The first-order chi connectivity index (χ1) is 9.20. The van der Waals surface area contributed by atoms with Crippen LogP contribution in [-0.2, 0) is 11.9 Å². The molecule has 0 aliphatic heterocycles. The molecule has 0 aromatic heterocycles. The summed E-state index contributed by atoms with van der Waals surface area (Å²) in [5, 5.41) is 13.2. The first kappa shape index (κ1) is 13.6. The number of alkyl halides is 1. The van der Waals surface area contributed by atoms with E-state index in [1.54, 1.807) is 30.3 Å². The van der Waals surface area contributed by atoms with Crippen molar-refractivity contribution in [2.24, 2.45) is 0 Å². The predicted octanol–water partition coefficient (Wildman–Crippen LogP) is 3.22. The van der Waals surface area contributed by atoms with Gasteiger partial charge in [-0.1, -0.05) is 46.3 Å². The smallest absolute Gasteiger partial charge is 0.251 e. The van der Waals surface area contributed by atoms with Crippen LogP contribution >= 0.6 is 15.9 Å². The van der Waals surface area contributed by atoms with Crippen LogP contribution in [0.4, 0.5) is 0 Å². The van der Waals surface area contributed by atoms with Gasteiger partial charge in [-0.15, -0.1) is 0 Å². The molecule has 0 heterocycles. The zero-order valence-corrected chi connectivity index (χ0v) is 11.9. The number of rotatable bonds is 4. The third kappa shape index (κ3) is 3.58. The molecule has 2 N–H and O–H groups in total. The van der Waals surface area contributed by atoms with Gasteiger partial charge in [-0.25, -0.2) is 0 Å². The largest absolute Gasteiger partial charge is 0.508 e. The lowest BCUT2D eigenvalue weighted by Crippen LogP contribution is -2.22. The van der Waals surface area contributed by atoms with E-state index >= 15 is 0 Å². The highest BCUT2D eigenvalue weighted by Gasteiger charge is 2.06. The van der Waals surface area contributed by atoms with Gasteiger partial charge in [0.05, 0.1) is 0 Å². The number of phenols is 1. The Labute approximate surface area is 120 Å². The summed E-state index contributed by atoms with van der Waals surface area (Å²) in [5.74, 6) is 0.0433. The minimum Gasteiger partial charge on any atom is -0.508 e. The number of benzene rings is 2. The quantitative estimate of drug-likeness (QED) is 0.850. The van der Waals surface area contributed by atoms with Crippen molar-refractivity contribution in [1.82, 2.24) is 5.32 Å². The molecule has 19 heavy (non-hydrogen) atoms. The van der Waals surface area contributed by atoms with Crippen LogP contribution in [0, 0.1) is 0 Å². The molecule has 0 spiro atoms. The number of carbonyl (C=O) groups excluding carboxylic acids is 1. The molecule has 2 rings (SSSR count). The molecule has 0 saturated carbocycles. The lowest BCUT2D eigenvalue weighted by atomic mass is 10.1.